The minimum Gasteiger partial charge on any atom is -0.494 e. The molecule has 5 heteroatoms. The number of amides is 1. The number of carbonyl (C=O) groups excluding carboxylic acids is 1. The summed E-state index contributed by atoms with van der Waals surface area (Å²) in [5, 5.41) is 0. The number of nitrogens with zero attached hydrogens (tertiary/aromatic N) is 1. The van der Waals surface area contributed by atoms with Crippen molar-refractivity contribution in [1.29, 1.82) is 0 Å². The Labute approximate surface area is 155 Å². The molecular formula is C21H27NO4. The second-order valence-corrected chi connectivity index (χ2v) is 5.85. The zero-order valence-corrected chi connectivity index (χ0v) is 16.0. The molecule has 0 atom stereocenters. The molecule has 140 valence electrons. The number of hydrogen-bond acceptors (Lipinski definition) is 4. The van der Waals surface area contributed by atoms with Gasteiger partial charge >= 0.3 is 0 Å². The van der Waals surface area contributed by atoms with Gasteiger partial charge in [-0.3, -0.25) is 4.79 Å². The SMILES string of the molecule is CCOc1ccc(CC(=O)N(CC)Cc2ccc(OC)c(OC)c2)cc1. The molecule has 0 bridgehead atoms. The Morgan fingerprint density at radius 1 is 0.923 bits per heavy atom. The van der Waals surface area contributed by atoms with Crippen molar-refractivity contribution in [3.63, 3.8) is 0 Å². The van der Waals surface area contributed by atoms with Crippen LogP contribution in [0.4, 0.5) is 0 Å². The van der Waals surface area contributed by atoms with Crippen LogP contribution in [0.15, 0.2) is 42.5 Å². The van der Waals surface area contributed by atoms with Gasteiger partial charge < -0.3 is 19.1 Å². The predicted molar refractivity (Wildman–Crippen MR) is 102 cm³/mol. The highest BCUT2D eigenvalue weighted by Gasteiger charge is 2.14. The molecule has 0 saturated carbocycles. The van der Waals surface area contributed by atoms with Crippen LogP contribution in [0.1, 0.15) is 25.0 Å². The van der Waals surface area contributed by atoms with Gasteiger partial charge in [0.15, 0.2) is 11.5 Å². The van der Waals surface area contributed by atoms with Crippen molar-refractivity contribution in [2.24, 2.45) is 0 Å². The molecule has 2 rings (SSSR count). The second kappa shape index (κ2) is 9.70. The van der Waals surface area contributed by atoms with Gasteiger partial charge in [-0.05, 0) is 49.2 Å². The van der Waals surface area contributed by atoms with Gasteiger partial charge in [-0.2, -0.15) is 0 Å². The van der Waals surface area contributed by atoms with Gasteiger partial charge in [0.1, 0.15) is 5.75 Å². The highest BCUT2D eigenvalue weighted by atomic mass is 16.5. The number of carbonyl (C=O) groups is 1. The van der Waals surface area contributed by atoms with E-state index in [1.807, 2.05) is 61.2 Å². The van der Waals surface area contributed by atoms with E-state index >= 15 is 0 Å². The van der Waals surface area contributed by atoms with Crippen LogP contribution in [0.2, 0.25) is 0 Å². The third-order valence-corrected chi connectivity index (χ3v) is 4.15. The first-order valence-corrected chi connectivity index (χ1v) is 8.81. The van der Waals surface area contributed by atoms with Crippen molar-refractivity contribution < 1.29 is 19.0 Å². The van der Waals surface area contributed by atoms with Gasteiger partial charge in [0.05, 0.1) is 27.2 Å². The summed E-state index contributed by atoms with van der Waals surface area (Å²) in [4.78, 5) is 14.5. The molecule has 0 heterocycles. The van der Waals surface area contributed by atoms with Gasteiger partial charge in [0, 0.05) is 13.1 Å². The van der Waals surface area contributed by atoms with Crippen LogP contribution in [0.5, 0.6) is 17.2 Å². The fraction of sp³-hybridized carbons (Fsp3) is 0.381. The Bertz CT molecular complexity index is 712. The number of likely N-dealkylation sites (N-methyl/N-ethyl adjacent to an activating group) is 1. The Morgan fingerprint density at radius 2 is 1.58 bits per heavy atom. The van der Waals surface area contributed by atoms with Crippen LogP contribution < -0.4 is 14.2 Å². The standard InChI is InChI=1S/C21H27NO4/c1-5-22(15-17-9-12-19(24-3)20(13-17)25-4)21(23)14-16-7-10-18(11-8-16)26-6-2/h7-13H,5-6,14-15H2,1-4H3. The van der Waals surface area contributed by atoms with Crippen LogP contribution in [0.25, 0.3) is 0 Å². The first-order valence-electron chi connectivity index (χ1n) is 8.81. The van der Waals surface area contributed by atoms with E-state index in [1.165, 1.54) is 0 Å². The fourth-order valence-corrected chi connectivity index (χ4v) is 2.73. The molecule has 0 fully saturated rings. The summed E-state index contributed by atoms with van der Waals surface area (Å²) >= 11 is 0. The molecule has 0 aliphatic rings. The minimum atomic E-state index is 0.0893. The summed E-state index contributed by atoms with van der Waals surface area (Å²) in [5.74, 6) is 2.26. The molecule has 0 aromatic heterocycles. The Kier molecular flexibility index (Phi) is 7.33. The first-order chi connectivity index (χ1) is 12.6. The van der Waals surface area contributed by atoms with E-state index in [2.05, 4.69) is 0 Å². The van der Waals surface area contributed by atoms with Crippen LogP contribution in [0.3, 0.4) is 0 Å². The average molecular weight is 357 g/mol. The third kappa shape index (κ3) is 5.15. The summed E-state index contributed by atoms with van der Waals surface area (Å²) in [7, 11) is 3.21. The molecule has 5 nitrogen and oxygen atoms in total. The number of hydrogen-bond donors (Lipinski definition) is 0. The van der Waals surface area contributed by atoms with E-state index < -0.39 is 0 Å². The summed E-state index contributed by atoms with van der Waals surface area (Å²) in [6.45, 7) is 5.74. The van der Waals surface area contributed by atoms with Gasteiger partial charge in [0.25, 0.3) is 0 Å². The lowest BCUT2D eigenvalue weighted by molar-refractivity contribution is -0.130. The lowest BCUT2D eigenvalue weighted by atomic mass is 10.1. The quantitative estimate of drug-likeness (QED) is 0.687. The van der Waals surface area contributed by atoms with E-state index in [-0.39, 0.29) is 5.91 Å². The van der Waals surface area contributed by atoms with E-state index in [0.29, 0.717) is 37.6 Å². The molecule has 0 unspecified atom stereocenters. The summed E-state index contributed by atoms with van der Waals surface area (Å²) in [6, 6.07) is 13.4. The number of methoxy groups -OCH3 is 2. The summed E-state index contributed by atoms with van der Waals surface area (Å²) in [5.41, 5.74) is 1.98. The molecule has 26 heavy (non-hydrogen) atoms. The van der Waals surface area contributed by atoms with Gasteiger partial charge in [-0.1, -0.05) is 18.2 Å². The van der Waals surface area contributed by atoms with Crippen molar-refractivity contribution >= 4 is 5.91 Å². The monoisotopic (exact) mass is 357 g/mol. The van der Waals surface area contributed by atoms with Crippen molar-refractivity contribution in [2.75, 3.05) is 27.4 Å². The Hall–Kier alpha value is -2.69. The van der Waals surface area contributed by atoms with Crippen molar-refractivity contribution in [3.8, 4) is 17.2 Å². The number of rotatable bonds is 9. The smallest absolute Gasteiger partial charge is 0.227 e. The topological polar surface area (TPSA) is 48.0 Å². The summed E-state index contributed by atoms with van der Waals surface area (Å²) in [6.07, 6.45) is 0.369. The van der Waals surface area contributed by atoms with Crippen molar-refractivity contribution in [3.05, 3.63) is 53.6 Å². The largest absolute Gasteiger partial charge is 0.494 e. The third-order valence-electron chi connectivity index (χ3n) is 4.15. The fourth-order valence-electron chi connectivity index (χ4n) is 2.73. The number of ether oxygens (including phenoxy) is 3. The van der Waals surface area contributed by atoms with E-state index in [4.69, 9.17) is 14.2 Å². The predicted octanol–water partition coefficient (Wildman–Crippen LogP) is 3.69. The molecule has 1 amide bonds. The maximum atomic E-state index is 12.7. The van der Waals surface area contributed by atoms with Crippen LogP contribution in [-0.4, -0.2) is 38.2 Å². The highest BCUT2D eigenvalue weighted by molar-refractivity contribution is 5.78. The van der Waals surface area contributed by atoms with Crippen molar-refractivity contribution in [1.82, 2.24) is 4.90 Å². The molecule has 0 saturated heterocycles. The molecule has 0 spiro atoms. The van der Waals surface area contributed by atoms with E-state index in [9.17, 15) is 4.79 Å². The van der Waals surface area contributed by atoms with E-state index in [0.717, 1.165) is 16.9 Å². The van der Waals surface area contributed by atoms with Gasteiger partial charge in [-0.15, -0.1) is 0 Å². The lowest BCUT2D eigenvalue weighted by Crippen LogP contribution is -2.31. The lowest BCUT2D eigenvalue weighted by Gasteiger charge is -2.22. The van der Waals surface area contributed by atoms with Crippen LogP contribution in [-0.2, 0) is 17.8 Å². The Morgan fingerprint density at radius 3 is 2.15 bits per heavy atom. The molecule has 0 aliphatic carbocycles. The Balaban J connectivity index is 2.04. The first kappa shape index (κ1) is 19.6. The minimum absolute atomic E-state index is 0.0893. The average Bonchev–Trinajstić information content (AvgIpc) is 2.67. The number of benzene rings is 2. The molecular weight excluding hydrogens is 330 g/mol. The molecule has 2 aromatic rings. The highest BCUT2D eigenvalue weighted by Crippen LogP contribution is 2.28. The van der Waals surface area contributed by atoms with E-state index in [1.54, 1.807) is 14.2 Å². The van der Waals surface area contributed by atoms with Gasteiger partial charge in [0.2, 0.25) is 5.91 Å². The van der Waals surface area contributed by atoms with Crippen LogP contribution >= 0.6 is 0 Å². The molecule has 0 N–H and O–H groups in total. The zero-order valence-electron chi connectivity index (χ0n) is 16.0. The van der Waals surface area contributed by atoms with Crippen molar-refractivity contribution in [2.45, 2.75) is 26.8 Å². The van der Waals surface area contributed by atoms with Gasteiger partial charge in [-0.25, -0.2) is 0 Å². The maximum Gasteiger partial charge on any atom is 0.227 e. The maximum absolute atomic E-state index is 12.7. The second-order valence-electron chi connectivity index (χ2n) is 5.85. The molecule has 0 radical (unpaired) electrons. The zero-order chi connectivity index (χ0) is 18.9. The molecule has 2 aromatic carbocycles. The summed E-state index contributed by atoms with van der Waals surface area (Å²) < 4.78 is 16.0. The van der Waals surface area contributed by atoms with Crippen LogP contribution in [0, 0.1) is 0 Å². The normalized spacial score (nSPS) is 10.3. The molecule has 0 aliphatic heterocycles.